The first-order valence-electron chi connectivity index (χ1n) is 6.02. The van der Waals surface area contributed by atoms with Crippen LogP contribution in [0.5, 0.6) is 0 Å². The van der Waals surface area contributed by atoms with E-state index >= 15 is 0 Å². The summed E-state index contributed by atoms with van der Waals surface area (Å²) in [5.74, 6) is 0.0907. The molecule has 2 aromatic heterocycles. The number of aryl methyl sites for hydroxylation is 1. The molecule has 0 spiro atoms. The summed E-state index contributed by atoms with van der Waals surface area (Å²) < 4.78 is 0. The Morgan fingerprint density at radius 2 is 2.11 bits per heavy atom. The maximum atomic E-state index is 12.4. The molecule has 0 amide bonds. The van der Waals surface area contributed by atoms with E-state index in [0.29, 0.717) is 6.42 Å². The number of Topliss-reactive ketones (excluding diaryl/α,β-unsaturated/α-hetero) is 1. The molecule has 0 aliphatic heterocycles. The summed E-state index contributed by atoms with van der Waals surface area (Å²) in [4.78, 5) is 21.0. The fourth-order valence-corrected chi connectivity index (χ4v) is 2.83. The van der Waals surface area contributed by atoms with Gasteiger partial charge in [0.25, 0.3) is 0 Å². The van der Waals surface area contributed by atoms with Gasteiger partial charge in [-0.3, -0.25) is 9.78 Å². The fraction of sp³-hybridized carbons (Fsp3) is 0.133. The number of para-hydroxylation sites is 1. The molecule has 0 bridgehead atoms. The van der Waals surface area contributed by atoms with Crippen molar-refractivity contribution >= 4 is 28.0 Å². The minimum atomic E-state index is 0.0907. The van der Waals surface area contributed by atoms with Gasteiger partial charge in [0, 0.05) is 28.2 Å². The van der Waals surface area contributed by atoms with Gasteiger partial charge in [-0.15, -0.1) is 11.3 Å². The smallest absolute Gasteiger partial charge is 0.170 e. The lowest BCUT2D eigenvalue weighted by Crippen LogP contribution is -2.04. The number of nitrogens with zero attached hydrogens (tertiary/aromatic N) is 2. The minimum absolute atomic E-state index is 0.0907. The van der Waals surface area contributed by atoms with E-state index in [0.717, 1.165) is 27.2 Å². The van der Waals surface area contributed by atoms with Crippen LogP contribution in [0.25, 0.3) is 10.9 Å². The highest BCUT2D eigenvalue weighted by Crippen LogP contribution is 2.19. The molecule has 0 saturated heterocycles. The molecule has 3 rings (SSSR count). The van der Waals surface area contributed by atoms with Crippen LogP contribution in [0.4, 0.5) is 0 Å². The molecule has 0 unspecified atom stereocenters. The van der Waals surface area contributed by atoms with E-state index in [-0.39, 0.29) is 5.78 Å². The van der Waals surface area contributed by atoms with Crippen LogP contribution in [0.15, 0.2) is 41.9 Å². The van der Waals surface area contributed by atoms with Crippen molar-refractivity contribution in [2.75, 3.05) is 0 Å². The van der Waals surface area contributed by atoms with Crippen LogP contribution >= 0.6 is 11.3 Å². The quantitative estimate of drug-likeness (QED) is 0.683. The van der Waals surface area contributed by atoms with Crippen LogP contribution in [0, 0.1) is 6.92 Å². The summed E-state index contributed by atoms with van der Waals surface area (Å²) in [7, 11) is 0. The molecule has 2 heterocycles. The number of aromatic nitrogens is 2. The summed E-state index contributed by atoms with van der Waals surface area (Å²) >= 11 is 1.53. The van der Waals surface area contributed by atoms with Crippen molar-refractivity contribution in [2.45, 2.75) is 13.3 Å². The van der Waals surface area contributed by atoms with E-state index < -0.39 is 0 Å². The Hall–Kier alpha value is -2.07. The number of carbonyl (C=O) groups excluding carboxylic acids is 1. The average molecular weight is 268 g/mol. The Bertz CT molecular complexity index is 743. The van der Waals surface area contributed by atoms with Gasteiger partial charge in [0.15, 0.2) is 5.78 Å². The molecule has 3 aromatic rings. The van der Waals surface area contributed by atoms with Gasteiger partial charge in [0.2, 0.25) is 0 Å². The lowest BCUT2D eigenvalue weighted by atomic mass is 10.0. The number of pyridine rings is 1. The zero-order chi connectivity index (χ0) is 13.2. The summed E-state index contributed by atoms with van der Waals surface area (Å²) in [6.07, 6.45) is 2.04. The second kappa shape index (κ2) is 4.90. The van der Waals surface area contributed by atoms with Gasteiger partial charge in [-0.2, -0.15) is 0 Å². The van der Waals surface area contributed by atoms with E-state index in [1.807, 2.05) is 36.6 Å². The number of fused-ring (bicyclic) bond motifs is 1. The maximum absolute atomic E-state index is 12.4. The van der Waals surface area contributed by atoms with Crippen LogP contribution in [0.1, 0.15) is 21.1 Å². The van der Waals surface area contributed by atoms with Crippen LogP contribution in [-0.2, 0) is 6.42 Å². The summed E-state index contributed by atoms with van der Waals surface area (Å²) in [5.41, 5.74) is 2.54. The zero-order valence-corrected chi connectivity index (χ0v) is 11.3. The van der Waals surface area contributed by atoms with Crippen molar-refractivity contribution in [1.29, 1.82) is 0 Å². The Morgan fingerprint density at radius 3 is 2.89 bits per heavy atom. The van der Waals surface area contributed by atoms with Gasteiger partial charge in [-0.1, -0.05) is 18.2 Å². The van der Waals surface area contributed by atoms with E-state index in [9.17, 15) is 4.79 Å². The van der Waals surface area contributed by atoms with Crippen molar-refractivity contribution in [3.05, 3.63) is 58.2 Å². The topological polar surface area (TPSA) is 42.9 Å². The average Bonchev–Trinajstić information content (AvgIpc) is 2.83. The van der Waals surface area contributed by atoms with Crippen molar-refractivity contribution in [2.24, 2.45) is 0 Å². The largest absolute Gasteiger partial charge is 0.294 e. The SMILES string of the molecule is Cc1csc(CC(=O)c2ccnc3ccccc23)n1. The van der Waals surface area contributed by atoms with E-state index in [1.165, 1.54) is 11.3 Å². The molecule has 0 saturated carbocycles. The fourth-order valence-electron chi connectivity index (χ4n) is 2.06. The first kappa shape index (κ1) is 12.0. The van der Waals surface area contributed by atoms with E-state index in [1.54, 1.807) is 12.3 Å². The molecule has 1 aromatic carbocycles. The van der Waals surface area contributed by atoms with Crippen molar-refractivity contribution < 1.29 is 4.79 Å². The maximum Gasteiger partial charge on any atom is 0.170 e. The van der Waals surface area contributed by atoms with Crippen molar-refractivity contribution in [1.82, 2.24) is 9.97 Å². The monoisotopic (exact) mass is 268 g/mol. The Balaban J connectivity index is 1.97. The third-order valence-electron chi connectivity index (χ3n) is 2.93. The molecule has 0 fully saturated rings. The molecule has 3 nitrogen and oxygen atoms in total. The summed E-state index contributed by atoms with van der Waals surface area (Å²) in [5, 5.41) is 3.74. The Kier molecular flexibility index (Phi) is 3.09. The molecule has 0 N–H and O–H groups in total. The second-order valence-electron chi connectivity index (χ2n) is 4.36. The van der Waals surface area contributed by atoms with Gasteiger partial charge in [-0.25, -0.2) is 4.98 Å². The third kappa shape index (κ3) is 2.39. The predicted octanol–water partition coefficient (Wildman–Crippen LogP) is 3.43. The molecule has 0 radical (unpaired) electrons. The molecule has 0 aliphatic rings. The standard InChI is InChI=1S/C15H12N2OS/c1-10-9-19-15(17-10)8-14(18)12-6-7-16-13-5-3-2-4-11(12)13/h2-7,9H,8H2,1H3. The number of ketones is 1. The molecular formula is C15H12N2OS. The highest BCUT2D eigenvalue weighted by atomic mass is 32.1. The van der Waals surface area contributed by atoms with E-state index in [2.05, 4.69) is 9.97 Å². The molecule has 0 aliphatic carbocycles. The zero-order valence-electron chi connectivity index (χ0n) is 10.5. The van der Waals surface area contributed by atoms with Crippen LogP contribution in [0.3, 0.4) is 0 Å². The normalized spacial score (nSPS) is 10.8. The van der Waals surface area contributed by atoms with Crippen LogP contribution in [-0.4, -0.2) is 15.8 Å². The number of rotatable bonds is 3. The first-order valence-corrected chi connectivity index (χ1v) is 6.90. The van der Waals surface area contributed by atoms with Crippen molar-refractivity contribution in [3.8, 4) is 0 Å². The summed E-state index contributed by atoms with van der Waals surface area (Å²) in [6.45, 7) is 1.94. The predicted molar refractivity (Wildman–Crippen MR) is 76.6 cm³/mol. The first-order chi connectivity index (χ1) is 9.24. The summed E-state index contributed by atoms with van der Waals surface area (Å²) in [6, 6.07) is 9.48. The molecular weight excluding hydrogens is 256 g/mol. The lowest BCUT2D eigenvalue weighted by molar-refractivity contribution is 0.0994. The van der Waals surface area contributed by atoms with Gasteiger partial charge in [0.05, 0.1) is 11.9 Å². The lowest BCUT2D eigenvalue weighted by Gasteiger charge is -2.03. The van der Waals surface area contributed by atoms with E-state index in [4.69, 9.17) is 0 Å². The van der Waals surface area contributed by atoms with Crippen molar-refractivity contribution in [3.63, 3.8) is 0 Å². The molecule has 0 atom stereocenters. The minimum Gasteiger partial charge on any atom is -0.294 e. The highest BCUT2D eigenvalue weighted by molar-refractivity contribution is 7.09. The Morgan fingerprint density at radius 1 is 1.26 bits per heavy atom. The van der Waals surface area contributed by atoms with Gasteiger partial charge in [0.1, 0.15) is 5.01 Å². The van der Waals surface area contributed by atoms with Gasteiger partial charge >= 0.3 is 0 Å². The van der Waals surface area contributed by atoms with Gasteiger partial charge in [-0.05, 0) is 19.1 Å². The van der Waals surface area contributed by atoms with Crippen LogP contribution in [0.2, 0.25) is 0 Å². The number of carbonyl (C=O) groups is 1. The van der Waals surface area contributed by atoms with Gasteiger partial charge < -0.3 is 0 Å². The number of hydrogen-bond acceptors (Lipinski definition) is 4. The highest BCUT2D eigenvalue weighted by Gasteiger charge is 2.12. The molecule has 94 valence electrons. The third-order valence-corrected chi connectivity index (χ3v) is 3.89. The second-order valence-corrected chi connectivity index (χ2v) is 5.30. The Labute approximate surface area is 115 Å². The molecule has 4 heteroatoms. The van der Waals surface area contributed by atoms with Crippen LogP contribution < -0.4 is 0 Å². The number of benzene rings is 1. The molecule has 19 heavy (non-hydrogen) atoms. The number of hydrogen-bond donors (Lipinski definition) is 0. The number of thiazole rings is 1.